The van der Waals surface area contributed by atoms with Crippen molar-refractivity contribution < 1.29 is 4.79 Å². The average molecular weight is 279 g/mol. The molecule has 0 heterocycles. The highest BCUT2D eigenvalue weighted by molar-refractivity contribution is 5.86. The summed E-state index contributed by atoms with van der Waals surface area (Å²) in [6, 6.07) is 2.28. The van der Waals surface area contributed by atoms with E-state index in [1.807, 2.05) is 11.8 Å². The minimum atomic E-state index is -0.718. The molecule has 1 aliphatic rings. The van der Waals surface area contributed by atoms with Gasteiger partial charge in [-0.15, -0.1) is 0 Å². The highest BCUT2D eigenvalue weighted by Crippen LogP contribution is 2.46. The lowest BCUT2D eigenvalue weighted by molar-refractivity contribution is -0.145. The highest BCUT2D eigenvalue weighted by atomic mass is 16.2. The third-order valence-corrected chi connectivity index (χ3v) is 4.48. The van der Waals surface area contributed by atoms with Gasteiger partial charge in [0.25, 0.3) is 0 Å². The predicted octanol–water partition coefficient (Wildman–Crippen LogP) is 2.51. The molecule has 1 saturated carbocycles. The second kappa shape index (κ2) is 7.64. The maximum Gasteiger partial charge on any atom is 0.243 e. The minimum absolute atomic E-state index is 0.0557. The minimum Gasteiger partial charge on any atom is -0.342 e. The first-order valence-corrected chi connectivity index (χ1v) is 7.95. The average Bonchev–Trinajstić information content (AvgIpc) is 2.43. The summed E-state index contributed by atoms with van der Waals surface area (Å²) in [4.78, 5) is 16.8. The van der Waals surface area contributed by atoms with Crippen molar-refractivity contribution in [3.63, 3.8) is 0 Å². The lowest BCUT2D eigenvalue weighted by Crippen LogP contribution is -2.50. The van der Waals surface area contributed by atoms with Gasteiger partial charge >= 0.3 is 0 Å². The molecule has 1 amide bonds. The third-order valence-electron chi connectivity index (χ3n) is 4.48. The van der Waals surface area contributed by atoms with Gasteiger partial charge in [-0.25, -0.2) is 0 Å². The van der Waals surface area contributed by atoms with Crippen LogP contribution in [0.2, 0.25) is 0 Å². The fourth-order valence-electron chi connectivity index (χ4n) is 3.17. The Morgan fingerprint density at radius 2 is 1.80 bits per heavy atom. The molecule has 0 bridgehead atoms. The molecule has 0 N–H and O–H groups in total. The molecular weight excluding hydrogens is 250 g/mol. The quantitative estimate of drug-likeness (QED) is 0.686. The van der Waals surface area contributed by atoms with Crippen molar-refractivity contribution in [3.8, 4) is 6.07 Å². The predicted molar refractivity (Wildman–Crippen MR) is 81.1 cm³/mol. The van der Waals surface area contributed by atoms with Gasteiger partial charge in [-0.1, -0.05) is 20.8 Å². The van der Waals surface area contributed by atoms with Gasteiger partial charge < -0.3 is 9.80 Å². The molecule has 0 radical (unpaired) electrons. The number of hydrogen-bond donors (Lipinski definition) is 0. The number of nitriles is 1. The van der Waals surface area contributed by atoms with Gasteiger partial charge in [0.2, 0.25) is 5.91 Å². The Morgan fingerprint density at radius 1 is 1.20 bits per heavy atom. The van der Waals surface area contributed by atoms with Crippen molar-refractivity contribution in [3.05, 3.63) is 0 Å². The number of nitrogens with zero attached hydrogens (tertiary/aromatic N) is 3. The number of hydrogen-bond acceptors (Lipinski definition) is 3. The highest BCUT2D eigenvalue weighted by Gasteiger charge is 2.50. The maximum atomic E-state index is 12.6. The Hall–Kier alpha value is -1.08. The SMILES string of the molecule is CCN(CC)CCCN(CC)C(=O)C1(C#N)CC(C)C1. The zero-order valence-electron chi connectivity index (χ0n) is 13.5. The van der Waals surface area contributed by atoms with E-state index in [1.54, 1.807) is 0 Å². The topological polar surface area (TPSA) is 47.3 Å². The van der Waals surface area contributed by atoms with Crippen LogP contribution >= 0.6 is 0 Å². The summed E-state index contributed by atoms with van der Waals surface area (Å²) in [5, 5.41) is 9.35. The van der Waals surface area contributed by atoms with Crippen molar-refractivity contribution in [2.45, 2.75) is 47.0 Å². The molecule has 0 aliphatic heterocycles. The molecule has 0 saturated heterocycles. The van der Waals surface area contributed by atoms with E-state index < -0.39 is 5.41 Å². The van der Waals surface area contributed by atoms with Crippen molar-refractivity contribution in [1.82, 2.24) is 9.80 Å². The van der Waals surface area contributed by atoms with Crippen LogP contribution in [-0.4, -0.2) is 48.4 Å². The monoisotopic (exact) mass is 279 g/mol. The Balaban J connectivity index is 2.50. The fourth-order valence-corrected chi connectivity index (χ4v) is 3.17. The van der Waals surface area contributed by atoms with Crippen LogP contribution in [0.5, 0.6) is 0 Å². The molecule has 0 unspecified atom stereocenters. The van der Waals surface area contributed by atoms with Gasteiger partial charge in [-0.05, 0) is 51.7 Å². The Kier molecular flexibility index (Phi) is 6.48. The summed E-state index contributed by atoms with van der Waals surface area (Å²) < 4.78 is 0. The van der Waals surface area contributed by atoms with Crippen LogP contribution in [0.15, 0.2) is 0 Å². The van der Waals surface area contributed by atoms with Crippen LogP contribution < -0.4 is 0 Å². The smallest absolute Gasteiger partial charge is 0.243 e. The van der Waals surface area contributed by atoms with Crippen LogP contribution in [0.25, 0.3) is 0 Å². The molecule has 0 atom stereocenters. The molecule has 0 aromatic heterocycles. The molecule has 4 heteroatoms. The van der Waals surface area contributed by atoms with E-state index >= 15 is 0 Å². The molecule has 1 fully saturated rings. The Bertz CT molecular complexity index is 351. The van der Waals surface area contributed by atoms with Crippen LogP contribution in [0, 0.1) is 22.7 Å². The molecule has 0 aromatic rings. The van der Waals surface area contributed by atoms with Gasteiger partial charge in [0.15, 0.2) is 0 Å². The fraction of sp³-hybridized carbons (Fsp3) is 0.875. The van der Waals surface area contributed by atoms with Gasteiger partial charge in [0.1, 0.15) is 5.41 Å². The van der Waals surface area contributed by atoms with Gasteiger partial charge in [-0.2, -0.15) is 5.26 Å². The first-order valence-electron chi connectivity index (χ1n) is 7.95. The Morgan fingerprint density at radius 3 is 2.20 bits per heavy atom. The second-order valence-electron chi connectivity index (χ2n) is 5.97. The van der Waals surface area contributed by atoms with E-state index in [4.69, 9.17) is 0 Å². The first kappa shape index (κ1) is 17.0. The van der Waals surface area contributed by atoms with E-state index in [2.05, 4.69) is 31.7 Å². The summed E-state index contributed by atoms with van der Waals surface area (Å²) >= 11 is 0. The molecule has 1 aliphatic carbocycles. The molecule has 0 spiro atoms. The molecule has 4 nitrogen and oxygen atoms in total. The van der Waals surface area contributed by atoms with Crippen LogP contribution in [0.1, 0.15) is 47.0 Å². The number of rotatable bonds is 8. The van der Waals surface area contributed by atoms with Crippen molar-refractivity contribution >= 4 is 5.91 Å². The standard InChI is InChI=1S/C16H29N3O/c1-5-18(6-2)9-8-10-19(7-3)15(20)16(13-17)11-14(4)12-16/h14H,5-12H2,1-4H3. The summed E-state index contributed by atoms with van der Waals surface area (Å²) in [6.45, 7) is 13.0. The van der Waals surface area contributed by atoms with Crippen LogP contribution in [-0.2, 0) is 4.79 Å². The van der Waals surface area contributed by atoms with E-state index in [0.717, 1.165) is 45.4 Å². The lowest BCUT2D eigenvalue weighted by Gasteiger charge is -2.42. The summed E-state index contributed by atoms with van der Waals surface area (Å²) in [5.74, 6) is 0.563. The lowest BCUT2D eigenvalue weighted by atomic mass is 9.62. The van der Waals surface area contributed by atoms with Gasteiger partial charge in [-0.3, -0.25) is 4.79 Å². The van der Waals surface area contributed by atoms with Crippen molar-refractivity contribution in [1.29, 1.82) is 5.26 Å². The van der Waals surface area contributed by atoms with Gasteiger partial charge in [0, 0.05) is 13.1 Å². The maximum absolute atomic E-state index is 12.6. The Labute approximate surface area is 123 Å². The molecule has 1 rings (SSSR count). The number of carbonyl (C=O) groups is 1. The van der Waals surface area contributed by atoms with E-state index in [-0.39, 0.29) is 5.91 Å². The summed E-state index contributed by atoms with van der Waals surface area (Å²) in [7, 11) is 0. The summed E-state index contributed by atoms with van der Waals surface area (Å²) in [6.07, 6.45) is 2.45. The third kappa shape index (κ3) is 3.73. The second-order valence-corrected chi connectivity index (χ2v) is 5.97. The molecule has 0 aromatic carbocycles. The molecular formula is C16H29N3O. The van der Waals surface area contributed by atoms with Crippen molar-refractivity contribution in [2.75, 3.05) is 32.7 Å². The largest absolute Gasteiger partial charge is 0.342 e. The van der Waals surface area contributed by atoms with E-state index in [9.17, 15) is 10.1 Å². The molecule has 114 valence electrons. The zero-order chi connectivity index (χ0) is 15.2. The zero-order valence-corrected chi connectivity index (χ0v) is 13.5. The van der Waals surface area contributed by atoms with E-state index in [0.29, 0.717) is 12.5 Å². The van der Waals surface area contributed by atoms with Crippen molar-refractivity contribution in [2.24, 2.45) is 11.3 Å². The van der Waals surface area contributed by atoms with Gasteiger partial charge in [0.05, 0.1) is 6.07 Å². The number of carbonyl (C=O) groups excluding carboxylic acids is 1. The first-order chi connectivity index (χ1) is 9.52. The number of amides is 1. The molecule has 20 heavy (non-hydrogen) atoms. The summed E-state index contributed by atoms with van der Waals surface area (Å²) in [5.41, 5.74) is -0.718. The van der Waals surface area contributed by atoms with E-state index in [1.165, 1.54) is 0 Å². The van der Waals surface area contributed by atoms with Crippen LogP contribution in [0.4, 0.5) is 0 Å². The normalized spacial score (nSPS) is 25.1. The van der Waals surface area contributed by atoms with Crippen LogP contribution in [0.3, 0.4) is 0 Å².